The maximum atomic E-state index is 12.9. The van der Waals surface area contributed by atoms with Gasteiger partial charge in [0.15, 0.2) is 0 Å². The number of fused-ring (bicyclic) bond motifs is 1. The largest absolute Gasteiger partial charge is 0.494 e. The van der Waals surface area contributed by atoms with Crippen molar-refractivity contribution in [2.45, 2.75) is 33.4 Å². The summed E-state index contributed by atoms with van der Waals surface area (Å²) in [5.41, 5.74) is 1.85. The Bertz CT molecular complexity index is 1380. The lowest BCUT2D eigenvalue weighted by Gasteiger charge is -2.23. The number of rotatable bonds is 13. The fourth-order valence-corrected chi connectivity index (χ4v) is 4.25. The molecule has 0 aliphatic carbocycles. The fraction of sp³-hybridized carbons (Fsp3) is 0.323. The van der Waals surface area contributed by atoms with Gasteiger partial charge in [0.2, 0.25) is 0 Å². The second-order valence-corrected chi connectivity index (χ2v) is 9.86. The number of nitrogens with one attached hydrogen (secondary N) is 1. The van der Waals surface area contributed by atoms with Crippen molar-refractivity contribution in [3.05, 3.63) is 107 Å². The summed E-state index contributed by atoms with van der Waals surface area (Å²) in [6.45, 7) is 8.28. The van der Waals surface area contributed by atoms with Gasteiger partial charge < -0.3 is 14.6 Å². The number of hydrogen-bond donors (Lipinski definition) is 1. The van der Waals surface area contributed by atoms with Crippen LogP contribution in [0.5, 0.6) is 5.75 Å². The molecule has 0 aliphatic rings. The minimum Gasteiger partial charge on any atom is -0.494 e. The highest BCUT2D eigenvalue weighted by Crippen LogP contribution is 2.13. The minimum absolute atomic E-state index is 0. The van der Waals surface area contributed by atoms with Gasteiger partial charge in [-0.2, -0.15) is 0 Å². The van der Waals surface area contributed by atoms with Gasteiger partial charge in [-0.15, -0.1) is 24.8 Å². The molecular formula is C31H38Cl2N4O3. The van der Waals surface area contributed by atoms with Gasteiger partial charge >= 0.3 is 0 Å². The van der Waals surface area contributed by atoms with E-state index in [0.29, 0.717) is 31.2 Å². The first-order chi connectivity index (χ1) is 18.5. The van der Waals surface area contributed by atoms with Crippen LogP contribution in [0, 0.1) is 5.92 Å². The smallest absolute Gasteiger partial charge is 0.258 e. The van der Waals surface area contributed by atoms with Crippen molar-refractivity contribution in [3.8, 4) is 5.75 Å². The molecule has 0 aliphatic heterocycles. The van der Waals surface area contributed by atoms with Crippen LogP contribution in [0.4, 0.5) is 0 Å². The van der Waals surface area contributed by atoms with Crippen molar-refractivity contribution in [1.82, 2.24) is 19.8 Å². The number of benzene rings is 2. The van der Waals surface area contributed by atoms with Crippen LogP contribution in [0.2, 0.25) is 0 Å². The first kappa shape index (κ1) is 32.8. The minimum atomic E-state index is -0.0671. The zero-order valence-electron chi connectivity index (χ0n) is 23.0. The molecule has 0 spiro atoms. The van der Waals surface area contributed by atoms with Crippen molar-refractivity contribution in [2.75, 3.05) is 26.2 Å². The molecule has 0 saturated carbocycles. The summed E-state index contributed by atoms with van der Waals surface area (Å²) in [5.74, 6) is 1.09. The van der Waals surface area contributed by atoms with E-state index in [9.17, 15) is 9.59 Å². The van der Waals surface area contributed by atoms with E-state index in [0.717, 1.165) is 42.6 Å². The van der Waals surface area contributed by atoms with E-state index in [-0.39, 0.29) is 36.3 Å². The lowest BCUT2D eigenvalue weighted by Crippen LogP contribution is -2.32. The third kappa shape index (κ3) is 9.66. The molecule has 2 aromatic carbocycles. The van der Waals surface area contributed by atoms with Gasteiger partial charge in [-0.05, 0) is 71.8 Å². The third-order valence-electron chi connectivity index (χ3n) is 6.37. The summed E-state index contributed by atoms with van der Waals surface area (Å²) in [6, 6.07) is 21.0. The Morgan fingerprint density at radius 3 is 2.42 bits per heavy atom. The molecule has 0 atom stereocenters. The number of ether oxygens (including phenoxy) is 1. The van der Waals surface area contributed by atoms with Crippen LogP contribution in [-0.2, 0) is 13.1 Å². The average molecular weight is 586 g/mol. The topological polar surface area (TPSA) is 76.5 Å². The van der Waals surface area contributed by atoms with Gasteiger partial charge in [-0.3, -0.25) is 19.5 Å². The molecule has 1 N–H and O–H groups in total. The van der Waals surface area contributed by atoms with Gasteiger partial charge in [0.05, 0.1) is 6.61 Å². The summed E-state index contributed by atoms with van der Waals surface area (Å²) in [4.78, 5) is 31.6. The zero-order valence-corrected chi connectivity index (χ0v) is 24.6. The molecule has 0 unspecified atom stereocenters. The maximum absolute atomic E-state index is 12.9. The van der Waals surface area contributed by atoms with Gasteiger partial charge in [-0.1, -0.05) is 32.0 Å². The Morgan fingerprint density at radius 2 is 1.70 bits per heavy atom. The molecule has 40 heavy (non-hydrogen) atoms. The zero-order chi connectivity index (χ0) is 26.7. The number of halogens is 2. The number of hydrogen-bond acceptors (Lipinski definition) is 5. The second-order valence-electron chi connectivity index (χ2n) is 9.86. The Hall–Kier alpha value is -3.39. The normalized spacial score (nSPS) is 10.7. The third-order valence-corrected chi connectivity index (χ3v) is 6.37. The molecule has 4 rings (SSSR count). The van der Waals surface area contributed by atoms with Crippen LogP contribution >= 0.6 is 24.8 Å². The van der Waals surface area contributed by atoms with E-state index >= 15 is 0 Å². The molecule has 4 aromatic rings. The number of carbonyl (C=O) groups excluding carboxylic acids is 1. The summed E-state index contributed by atoms with van der Waals surface area (Å²) in [5, 5.41) is 4.63. The monoisotopic (exact) mass is 584 g/mol. The van der Waals surface area contributed by atoms with Gasteiger partial charge in [0.1, 0.15) is 5.75 Å². The quantitative estimate of drug-likeness (QED) is 0.207. The molecule has 0 radical (unpaired) electrons. The first-order valence-electron chi connectivity index (χ1n) is 13.2. The van der Waals surface area contributed by atoms with E-state index < -0.39 is 0 Å². The van der Waals surface area contributed by atoms with Crippen molar-refractivity contribution in [2.24, 2.45) is 5.92 Å². The summed E-state index contributed by atoms with van der Waals surface area (Å²) in [6.07, 6.45) is 6.31. The van der Waals surface area contributed by atoms with Crippen LogP contribution < -0.4 is 15.6 Å². The second kappa shape index (κ2) is 16.7. The van der Waals surface area contributed by atoms with Gasteiger partial charge in [0.25, 0.3) is 11.5 Å². The van der Waals surface area contributed by atoms with E-state index in [2.05, 4.69) is 29.0 Å². The van der Waals surface area contributed by atoms with Crippen LogP contribution in [0.25, 0.3) is 10.8 Å². The van der Waals surface area contributed by atoms with Crippen molar-refractivity contribution >= 4 is 41.5 Å². The number of aromatic nitrogens is 2. The molecular weight excluding hydrogens is 547 g/mol. The van der Waals surface area contributed by atoms with Crippen molar-refractivity contribution in [1.29, 1.82) is 0 Å². The standard InChI is InChI=1S/C31H36N4O3.2ClH/c1-24(2)22-33-30(36)27-8-10-28(11-9-27)38-21-5-17-34(23-25-12-15-32-16-13-25)19-20-35-18-14-26-6-3-4-7-29(26)31(35)37;;/h3-4,6-16,18,24H,5,17,19-23H2,1-2H3,(H,33,36);2*1H. The Morgan fingerprint density at radius 1 is 0.975 bits per heavy atom. The average Bonchev–Trinajstić information content (AvgIpc) is 2.94. The van der Waals surface area contributed by atoms with E-state index in [1.807, 2.05) is 60.8 Å². The molecule has 7 nitrogen and oxygen atoms in total. The molecule has 0 fully saturated rings. The Balaban J connectivity index is 0.00000280. The van der Waals surface area contributed by atoms with Gasteiger partial charge in [-0.25, -0.2) is 0 Å². The van der Waals surface area contributed by atoms with Crippen LogP contribution in [-0.4, -0.2) is 46.6 Å². The predicted octanol–water partition coefficient (Wildman–Crippen LogP) is 5.60. The van der Waals surface area contributed by atoms with E-state index in [1.54, 1.807) is 29.1 Å². The fourth-order valence-electron chi connectivity index (χ4n) is 4.25. The van der Waals surface area contributed by atoms with Gasteiger partial charge in [0, 0.05) is 62.3 Å². The maximum Gasteiger partial charge on any atom is 0.258 e. The summed E-state index contributed by atoms with van der Waals surface area (Å²) >= 11 is 0. The molecule has 214 valence electrons. The number of nitrogens with zero attached hydrogens (tertiary/aromatic N) is 3. The van der Waals surface area contributed by atoms with E-state index in [4.69, 9.17) is 4.74 Å². The molecule has 2 heterocycles. The first-order valence-corrected chi connectivity index (χ1v) is 13.2. The SMILES string of the molecule is CC(C)CNC(=O)c1ccc(OCCCN(CCn2ccc3ccccc3c2=O)Cc2ccncc2)cc1.Cl.Cl. The highest BCUT2D eigenvalue weighted by molar-refractivity contribution is 5.94. The number of amides is 1. The van der Waals surface area contributed by atoms with Crippen LogP contribution in [0.15, 0.2) is 90.1 Å². The molecule has 2 aromatic heterocycles. The number of carbonyl (C=O) groups is 1. The van der Waals surface area contributed by atoms with E-state index in [1.165, 1.54) is 5.56 Å². The van der Waals surface area contributed by atoms with Crippen LogP contribution in [0.3, 0.4) is 0 Å². The summed E-state index contributed by atoms with van der Waals surface area (Å²) in [7, 11) is 0. The Kier molecular flexibility index (Phi) is 13.7. The molecule has 0 bridgehead atoms. The highest BCUT2D eigenvalue weighted by Gasteiger charge is 2.10. The number of pyridine rings is 2. The predicted molar refractivity (Wildman–Crippen MR) is 166 cm³/mol. The Labute approximate surface area is 248 Å². The lowest BCUT2D eigenvalue weighted by atomic mass is 10.2. The molecule has 9 heteroatoms. The molecule has 0 saturated heterocycles. The van der Waals surface area contributed by atoms with Crippen molar-refractivity contribution in [3.63, 3.8) is 0 Å². The summed E-state index contributed by atoms with van der Waals surface area (Å²) < 4.78 is 7.74. The molecule has 1 amide bonds. The van der Waals surface area contributed by atoms with Crippen LogP contribution in [0.1, 0.15) is 36.2 Å². The highest BCUT2D eigenvalue weighted by atomic mass is 35.5. The van der Waals surface area contributed by atoms with Crippen molar-refractivity contribution < 1.29 is 9.53 Å². The lowest BCUT2D eigenvalue weighted by molar-refractivity contribution is 0.0949.